The van der Waals surface area contributed by atoms with Gasteiger partial charge in [-0.3, -0.25) is 4.68 Å². The fourth-order valence-electron chi connectivity index (χ4n) is 3.41. The number of nitrogens with zero attached hydrogens (tertiary/aromatic N) is 2. The Hall–Kier alpha value is -1.39. The van der Waals surface area contributed by atoms with Gasteiger partial charge in [-0.2, -0.15) is 5.10 Å². The number of hydrogen-bond donors (Lipinski definition) is 0. The van der Waals surface area contributed by atoms with E-state index in [9.17, 15) is 0 Å². The minimum Gasteiger partial charge on any atom is -0.375 e. The van der Waals surface area contributed by atoms with Crippen LogP contribution in [-0.4, -0.2) is 29.1 Å². The Bertz CT molecular complexity index is 622. The van der Waals surface area contributed by atoms with Crippen molar-refractivity contribution in [3.8, 4) is 0 Å². The van der Waals surface area contributed by atoms with E-state index in [-0.39, 0.29) is 12.2 Å². The number of rotatable bonds is 1. The van der Waals surface area contributed by atoms with E-state index in [4.69, 9.17) is 14.6 Å². The Morgan fingerprint density at radius 1 is 1.20 bits per heavy atom. The van der Waals surface area contributed by atoms with E-state index in [1.54, 1.807) is 0 Å². The van der Waals surface area contributed by atoms with Crippen LogP contribution in [-0.2, 0) is 16.0 Å². The van der Waals surface area contributed by atoms with Crippen LogP contribution in [0.2, 0.25) is 0 Å². The summed E-state index contributed by atoms with van der Waals surface area (Å²) < 4.78 is 14.2. The quantitative estimate of drug-likeness (QED) is 0.801. The fourth-order valence-corrected chi connectivity index (χ4v) is 3.41. The van der Waals surface area contributed by atoms with E-state index >= 15 is 0 Å². The number of hydrogen-bond acceptors (Lipinski definition) is 3. The van der Waals surface area contributed by atoms with Gasteiger partial charge in [0, 0.05) is 12.0 Å². The monoisotopic (exact) mass is 272 g/mol. The predicted octanol–water partition coefficient (Wildman–Crippen LogP) is 2.92. The number of ether oxygens (including phenoxy) is 2. The Morgan fingerprint density at radius 3 is 3.00 bits per heavy atom. The topological polar surface area (TPSA) is 36.3 Å². The van der Waals surface area contributed by atoms with E-state index in [1.807, 2.05) is 6.07 Å². The van der Waals surface area contributed by atoms with Crippen molar-refractivity contribution >= 4 is 10.9 Å². The molecule has 1 aromatic heterocycles. The molecular formula is C16H20N2O2. The summed E-state index contributed by atoms with van der Waals surface area (Å²) in [5.41, 5.74) is 2.26. The third-order valence-corrected chi connectivity index (χ3v) is 4.47. The van der Waals surface area contributed by atoms with Gasteiger partial charge in [0.05, 0.1) is 30.5 Å². The van der Waals surface area contributed by atoms with Crippen molar-refractivity contribution in [1.29, 1.82) is 0 Å². The van der Waals surface area contributed by atoms with Crippen molar-refractivity contribution in [2.75, 3.05) is 13.2 Å². The molecule has 4 nitrogen and oxygen atoms in total. The molecule has 0 aliphatic carbocycles. The summed E-state index contributed by atoms with van der Waals surface area (Å²) in [5, 5.41) is 5.91. The molecule has 1 aromatic carbocycles. The lowest BCUT2D eigenvalue weighted by Gasteiger charge is -2.35. The molecule has 0 N–H and O–H groups in total. The zero-order valence-corrected chi connectivity index (χ0v) is 11.8. The average molecular weight is 272 g/mol. The van der Waals surface area contributed by atoms with Crippen LogP contribution in [0, 0.1) is 5.92 Å². The second-order valence-corrected chi connectivity index (χ2v) is 5.96. The van der Waals surface area contributed by atoms with Gasteiger partial charge >= 0.3 is 0 Å². The molecule has 106 valence electrons. The fraction of sp³-hybridized carbons (Fsp3) is 0.562. The summed E-state index contributed by atoms with van der Waals surface area (Å²) in [6.45, 7) is 4.70. The van der Waals surface area contributed by atoms with Crippen LogP contribution in [0.4, 0.5) is 0 Å². The molecule has 4 rings (SSSR count). The maximum atomic E-state index is 6.07. The molecule has 0 amide bonds. The standard InChI is InChI=1S/C16H20N2O2/c1-11-6-8-19-14(10-11)16-15-12-4-2-3-5-13(12)17-18(15)7-9-20-16/h2-5,11,14,16H,6-10H2,1H3/t11?,14-,16+/m1/s1. The molecule has 1 fully saturated rings. The van der Waals surface area contributed by atoms with Crippen molar-refractivity contribution in [2.45, 2.75) is 38.5 Å². The van der Waals surface area contributed by atoms with E-state index in [2.05, 4.69) is 29.8 Å². The highest BCUT2D eigenvalue weighted by molar-refractivity contribution is 5.82. The molecule has 0 bridgehead atoms. The first-order chi connectivity index (χ1) is 9.83. The second kappa shape index (κ2) is 4.86. The van der Waals surface area contributed by atoms with Crippen LogP contribution in [0.3, 0.4) is 0 Å². The van der Waals surface area contributed by atoms with Crippen molar-refractivity contribution in [2.24, 2.45) is 5.92 Å². The minimum absolute atomic E-state index is 0.0268. The molecule has 1 saturated heterocycles. The van der Waals surface area contributed by atoms with E-state index in [0.29, 0.717) is 5.92 Å². The third-order valence-electron chi connectivity index (χ3n) is 4.47. The van der Waals surface area contributed by atoms with Crippen molar-refractivity contribution in [1.82, 2.24) is 9.78 Å². The summed E-state index contributed by atoms with van der Waals surface area (Å²) in [6, 6.07) is 8.32. The Balaban J connectivity index is 1.77. The first-order valence-corrected chi connectivity index (χ1v) is 7.51. The smallest absolute Gasteiger partial charge is 0.126 e. The first kappa shape index (κ1) is 12.4. The molecule has 2 aliphatic rings. The molecule has 2 aliphatic heterocycles. The molecular weight excluding hydrogens is 252 g/mol. The highest BCUT2D eigenvalue weighted by Crippen LogP contribution is 2.37. The maximum absolute atomic E-state index is 6.07. The lowest BCUT2D eigenvalue weighted by Crippen LogP contribution is -2.36. The van der Waals surface area contributed by atoms with E-state index in [0.717, 1.165) is 38.1 Å². The van der Waals surface area contributed by atoms with Crippen molar-refractivity contribution < 1.29 is 9.47 Å². The molecule has 4 heteroatoms. The van der Waals surface area contributed by atoms with E-state index < -0.39 is 0 Å². The Kier molecular flexibility index (Phi) is 3.00. The Labute approximate surface area is 118 Å². The second-order valence-electron chi connectivity index (χ2n) is 5.96. The summed E-state index contributed by atoms with van der Waals surface area (Å²) in [6.07, 6.45) is 2.42. The molecule has 0 spiro atoms. The van der Waals surface area contributed by atoms with Gasteiger partial charge in [0.1, 0.15) is 6.10 Å². The highest BCUT2D eigenvalue weighted by atomic mass is 16.5. The number of fused-ring (bicyclic) bond motifs is 3. The maximum Gasteiger partial charge on any atom is 0.126 e. The van der Waals surface area contributed by atoms with Crippen LogP contribution in [0.5, 0.6) is 0 Å². The lowest BCUT2D eigenvalue weighted by atomic mass is 9.92. The molecule has 0 saturated carbocycles. The largest absolute Gasteiger partial charge is 0.375 e. The van der Waals surface area contributed by atoms with Crippen LogP contribution in [0.1, 0.15) is 31.6 Å². The van der Waals surface area contributed by atoms with Gasteiger partial charge in [0.15, 0.2) is 0 Å². The van der Waals surface area contributed by atoms with E-state index in [1.165, 1.54) is 11.1 Å². The minimum atomic E-state index is 0.0268. The SMILES string of the molecule is CC1CCO[C@@H]([C@@H]2OCCn3nc4ccccc4c32)C1. The van der Waals surface area contributed by atoms with Gasteiger partial charge < -0.3 is 9.47 Å². The molecule has 20 heavy (non-hydrogen) atoms. The molecule has 3 atom stereocenters. The van der Waals surface area contributed by atoms with Gasteiger partial charge in [-0.15, -0.1) is 0 Å². The van der Waals surface area contributed by atoms with Crippen molar-refractivity contribution in [3.63, 3.8) is 0 Å². The number of benzene rings is 1. The van der Waals surface area contributed by atoms with Crippen LogP contribution in [0.25, 0.3) is 10.9 Å². The predicted molar refractivity (Wildman–Crippen MR) is 76.6 cm³/mol. The summed E-state index contributed by atoms with van der Waals surface area (Å²) in [4.78, 5) is 0. The Morgan fingerprint density at radius 2 is 2.10 bits per heavy atom. The molecule has 2 aromatic rings. The highest BCUT2D eigenvalue weighted by Gasteiger charge is 2.35. The van der Waals surface area contributed by atoms with Gasteiger partial charge in [-0.05, 0) is 24.8 Å². The molecule has 3 heterocycles. The van der Waals surface area contributed by atoms with Crippen LogP contribution >= 0.6 is 0 Å². The van der Waals surface area contributed by atoms with Gasteiger partial charge in [-0.25, -0.2) is 0 Å². The van der Waals surface area contributed by atoms with Gasteiger partial charge in [-0.1, -0.05) is 25.1 Å². The summed E-state index contributed by atoms with van der Waals surface area (Å²) in [5.74, 6) is 0.710. The normalized spacial score (nSPS) is 30.4. The average Bonchev–Trinajstić information content (AvgIpc) is 2.85. The zero-order valence-electron chi connectivity index (χ0n) is 11.8. The van der Waals surface area contributed by atoms with Gasteiger partial charge in [0.25, 0.3) is 0 Å². The van der Waals surface area contributed by atoms with Crippen LogP contribution in [0.15, 0.2) is 24.3 Å². The molecule has 0 radical (unpaired) electrons. The summed E-state index contributed by atoms with van der Waals surface area (Å²) >= 11 is 0. The van der Waals surface area contributed by atoms with Crippen molar-refractivity contribution in [3.05, 3.63) is 30.0 Å². The summed E-state index contributed by atoms with van der Waals surface area (Å²) in [7, 11) is 0. The number of aromatic nitrogens is 2. The lowest BCUT2D eigenvalue weighted by molar-refractivity contribution is -0.117. The van der Waals surface area contributed by atoms with Gasteiger partial charge in [0.2, 0.25) is 0 Å². The zero-order chi connectivity index (χ0) is 13.5. The molecule has 1 unspecified atom stereocenters. The van der Waals surface area contributed by atoms with Crippen LogP contribution < -0.4 is 0 Å². The first-order valence-electron chi connectivity index (χ1n) is 7.51. The third kappa shape index (κ3) is 1.95.